The highest BCUT2D eigenvalue weighted by Crippen LogP contribution is 2.24. The van der Waals surface area contributed by atoms with E-state index in [1.54, 1.807) is 11.3 Å². The largest absolute Gasteiger partial charge is 0.307 e. The number of nitriles is 1. The Kier molecular flexibility index (Phi) is 3.12. The van der Waals surface area contributed by atoms with Crippen LogP contribution in [0.5, 0.6) is 0 Å². The summed E-state index contributed by atoms with van der Waals surface area (Å²) in [5.41, 5.74) is 2.92. The van der Waals surface area contributed by atoms with E-state index in [-0.39, 0.29) is 5.92 Å². The molecule has 0 bridgehead atoms. The number of rotatable bonds is 3. The fourth-order valence-corrected chi connectivity index (χ4v) is 2.48. The first-order chi connectivity index (χ1) is 6.90. The topological polar surface area (TPSA) is 48.7 Å². The molecule has 1 N–H and O–H groups in total. The molecule has 1 aromatic rings. The molecule has 2 rings (SSSR count). The van der Waals surface area contributed by atoms with Crippen LogP contribution in [0.25, 0.3) is 0 Å². The van der Waals surface area contributed by atoms with Gasteiger partial charge in [-0.2, -0.15) is 5.26 Å². The normalized spacial score (nSPS) is 26.2. The molecule has 2 unspecified atom stereocenters. The number of hydrogen-bond donors (Lipinski definition) is 1. The molecule has 2 atom stereocenters. The summed E-state index contributed by atoms with van der Waals surface area (Å²) in [6, 6.07) is 2.74. The smallest absolute Gasteiger partial charge is 0.0795 e. The van der Waals surface area contributed by atoms with Crippen molar-refractivity contribution in [1.82, 2.24) is 10.3 Å². The highest BCUT2D eigenvalue weighted by Gasteiger charge is 2.26. The zero-order chi connectivity index (χ0) is 9.80. The minimum Gasteiger partial charge on any atom is -0.307 e. The molecule has 4 heteroatoms. The van der Waals surface area contributed by atoms with Gasteiger partial charge < -0.3 is 5.32 Å². The van der Waals surface area contributed by atoms with Gasteiger partial charge in [0, 0.05) is 18.0 Å². The zero-order valence-corrected chi connectivity index (χ0v) is 8.76. The summed E-state index contributed by atoms with van der Waals surface area (Å²) in [4.78, 5) is 4.20. The lowest BCUT2D eigenvalue weighted by Crippen LogP contribution is -2.31. The number of hydrogen-bond acceptors (Lipinski definition) is 4. The van der Waals surface area contributed by atoms with Gasteiger partial charge in [-0.05, 0) is 12.8 Å². The second-order valence-electron chi connectivity index (χ2n) is 3.63. The van der Waals surface area contributed by atoms with Crippen molar-refractivity contribution in [2.75, 3.05) is 0 Å². The molecule has 0 radical (unpaired) electrons. The van der Waals surface area contributed by atoms with E-state index < -0.39 is 0 Å². The van der Waals surface area contributed by atoms with E-state index in [0.29, 0.717) is 6.04 Å². The Morgan fingerprint density at radius 1 is 1.64 bits per heavy atom. The molecule has 1 aromatic heterocycles. The van der Waals surface area contributed by atoms with Crippen LogP contribution in [0.1, 0.15) is 25.0 Å². The lowest BCUT2D eigenvalue weighted by molar-refractivity contribution is 0.462. The maximum atomic E-state index is 8.89. The van der Waals surface area contributed by atoms with Crippen molar-refractivity contribution in [3.05, 3.63) is 16.6 Å². The quantitative estimate of drug-likeness (QED) is 0.823. The lowest BCUT2D eigenvalue weighted by atomic mass is 10.1. The predicted octanol–water partition coefficient (Wildman–Crippen LogP) is 1.92. The van der Waals surface area contributed by atoms with Crippen molar-refractivity contribution in [2.45, 2.75) is 31.8 Å². The molecule has 0 amide bonds. The highest BCUT2D eigenvalue weighted by molar-refractivity contribution is 7.07. The summed E-state index contributed by atoms with van der Waals surface area (Å²) in [6.07, 6.45) is 3.35. The second-order valence-corrected chi connectivity index (χ2v) is 4.35. The van der Waals surface area contributed by atoms with Crippen LogP contribution in [0.3, 0.4) is 0 Å². The molecule has 1 heterocycles. The van der Waals surface area contributed by atoms with E-state index >= 15 is 0 Å². The van der Waals surface area contributed by atoms with Crippen molar-refractivity contribution in [2.24, 2.45) is 5.92 Å². The van der Waals surface area contributed by atoms with Gasteiger partial charge >= 0.3 is 0 Å². The number of thiazole rings is 1. The Hall–Kier alpha value is -0.920. The maximum Gasteiger partial charge on any atom is 0.0795 e. The van der Waals surface area contributed by atoms with Crippen molar-refractivity contribution in [1.29, 1.82) is 5.26 Å². The first-order valence-corrected chi connectivity index (χ1v) is 5.84. The van der Waals surface area contributed by atoms with Crippen molar-refractivity contribution < 1.29 is 0 Å². The number of nitrogens with zero attached hydrogens (tertiary/aromatic N) is 2. The average molecular weight is 207 g/mol. The summed E-state index contributed by atoms with van der Waals surface area (Å²) in [6.45, 7) is 0.798. The minimum atomic E-state index is 0.202. The van der Waals surface area contributed by atoms with Crippen molar-refractivity contribution in [3.8, 4) is 6.07 Å². The van der Waals surface area contributed by atoms with Crippen molar-refractivity contribution in [3.63, 3.8) is 0 Å². The molecule has 3 nitrogen and oxygen atoms in total. The van der Waals surface area contributed by atoms with Gasteiger partial charge in [0.25, 0.3) is 0 Å². The lowest BCUT2D eigenvalue weighted by Gasteiger charge is -2.14. The van der Waals surface area contributed by atoms with E-state index in [1.807, 2.05) is 10.9 Å². The predicted molar refractivity (Wildman–Crippen MR) is 55.7 cm³/mol. The molecule has 74 valence electrons. The van der Waals surface area contributed by atoms with Gasteiger partial charge in [0.15, 0.2) is 0 Å². The van der Waals surface area contributed by atoms with E-state index in [1.165, 1.54) is 6.42 Å². The highest BCUT2D eigenvalue weighted by atomic mass is 32.1. The van der Waals surface area contributed by atoms with Crippen LogP contribution < -0.4 is 5.32 Å². The van der Waals surface area contributed by atoms with Crippen LogP contribution in [0.2, 0.25) is 0 Å². The van der Waals surface area contributed by atoms with E-state index in [0.717, 1.165) is 25.1 Å². The molecular weight excluding hydrogens is 194 g/mol. The van der Waals surface area contributed by atoms with Gasteiger partial charge in [0.1, 0.15) is 0 Å². The van der Waals surface area contributed by atoms with Crippen LogP contribution in [0.15, 0.2) is 10.9 Å². The van der Waals surface area contributed by atoms with Gasteiger partial charge in [-0.1, -0.05) is 6.42 Å². The van der Waals surface area contributed by atoms with Crippen LogP contribution in [0, 0.1) is 17.2 Å². The molecular formula is C10H13N3S. The summed E-state index contributed by atoms with van der Waals surface area (Å²) < 4.78 is 0. The molecule has 0 saturated heterocycles. The molecule has 0 aliphatic heterocycles. The standard InChI is InChI=1S/C10H13N3S/c11-4-8-2-1-3-10(8)12-5-9-6-14-7-13-9/h6-8,10,12H,1-3,5H2. The van der Waals surface area contributed by atoms with Gasteiger partial charge in [0.05, 0.1) is 23.2 Å². The molecule has 0 aromatic carbocycles. The summed E-state index contributed by atoms with van der Waals surface area (Å²) in [5, 5.41) is 14.3. The Balaban J connectivity index is 1.83. The van der Waals surface area contributed by atoms with Gasteiger partial charge in [0.2, 0.25) is 0 Å². The fourth-order valence-electron chi connectivity index (χ4n) is 1.92. The van der Waals surface area contributed by atoms with Gasteiger partial charge in [-0.15, -0.1) is 11.3 Å². The van der Waals surface area contributed by atoms with Gasteiger partial charge in [-0.3, -0.25) is 0 Å². The Bertz CT molecular complexity index is 315. The monoisotopic (exact) mass is 207 g/mol. The zero-order valence-electron chi connectivity index (χ0n) is 7.94. The van der Waals surface area contributed by atoms with Crippen LogP contribution >= 0.6 is 11.3 Å². The van der Waals surface area contributed by atoms with E-state index in [2.05, 4.69) is 16.4 Å². The average Bonchev–Trinajstić information content (AvgIpc) is 2.85. The van der Waals surface area contributed by atoms with Crippen LogP contribution in [-0.4, -0.2) is 11.0 Å². The second kappa shape index (κ2) is 4.54. The molecule has 1 fully saturated rings. The minimum absolute atomic E-state index is 0.202. The third kappa shape index (κ3) is 2.11. The van der Waals surface area contributed by atoms with Crippen LogP contribution in [0.4, 0.5) is 0 Å². The third-order valence-electron chi connectivity index (χ3n) is 2.71. The Labute approximate surface area is 87.8 Å². The van der Waals surface area contributed by atoms with E-state index in [4.69, 9.17) is 5.26 Å². The maximum absolute atomic E-state index is 8.89. The molecule has 1 aliphatic rings. The number of nitrogens with one attached hydrogen (secondary N) is 1. The molecule has 14 heavy (non-hydrogen) atoms. The Morgan fingerprint density at radius 3 is 3.29 bits per heavy atom. The first-order valence-electron chi connectivity index (χ1n) is 4.90. The molecule has 1 aliphatic carbocycles. The Morgan fingerprint density at radius 2 is 2.57 bits per heavy atom. The summed E-state index contributed by atoms with van der Waals surface area (Å²) >= 11 is 1.61. The number of aromatic nitrogens is 1. The SMILES string of the molecule is N#CC1CCCC1NCc1cscn1. The third-order valence-corrected chi connectivity index (χ3v) is 3.35. The fraction of sp³-hybridized carbons (Fsp3) is 0.600. The molecule has 1 saturated carbocycles. The van der Waals surface area contributed by atoms with Crippen molar-refractivity contribution >= 4 is 11.3 Å². The van der Waals surface area contributed by atoms with E-state index in [9.17, 15) is 0 Å². The summed E-state index contributed by atoms with van der Waals surface area (Å²) in [5.74, 6) is 0.202. The summed E-state index contributed by atoms with van der Waals surface area (Å²) in [7, 11) is 0. The molecule has 0 spiro atoms. The first kappa shape index (κ1) is 9.63. The van der Waals surface area contributed by atoms with Crippen LogP contribution in [-0.2, 0) is 6.54 Å². The van der Waals surface area contributed by atoms with Gasteiger partial charge in [-0.25, -0.2) is 4.98 Å².